The summed E-state index contributed by atoms with van der Waals surface area (Å²) < 4.78 is 0. The lowest BCUT2D eigenvalue weighted by Crippen LogP contribution is -2.29. The molecule has 1 rings (SSSR count). The van der Waals surface area contributed by atoms with Crippen molar-refractivity contribution in [2.24, 2.45) is 0 Å². The predicted octanol–water partition coefficient (Wildman–Crippen LogP) is 3.42. The van der Waals surface area contributed by atoms with Crippen LogP contribution in [0.15, 0.2) is 18.2 Å². The number of likely N-dealkylation sites (N-methyl/N-ethyl adjacent to an activating group) is 1. The lowest BCUT2D eigenvalue weighted by Gasteiger charge is -2.17. The quantitative estimate of drug-likeness (QED) is 0.767. The number of nitrogens with one attached hydrogen (secondary N) is 1. The fraction of sp³-hybridized carbons (Fsp3) is 0.538. The van der Waals surface area contributed by atoms with Gasteiger partial charge in [0.05, 0.1) is 0 Å². The standard InChI is InChI=1S/C13H20Cl2N2/c1-3-4-16-5-6-17(2)10-11-7-12(14)9-13(15)8-11/h7-9,16H,3-6,10H2,1-2H3. The van der Waals surface area contributed by atoms with Gasteiger partial charge < -0.3 is 10.2 Å². The van der Waals surface area contributed by atoms with E-state index in [4.69, 9.17) is 23.2 Å². The molecule has 4 heteroatoms. The number of nitrogens with zero attached hydrogens (tertiary/aromatic N) is 1. The summed E-state index contributed by atoms with van der Waals surface area (Å²) in [6.45, 7) is 6.15. The van der Waals surface area contributed by atoms with E-state index in [9.17, 15) is 0 Å². The summed E-state index contributed by atoms with van der Waals surface area (Å²) >= 11 is 11.9. The molecule has 1 aromatic carbocycles. The van der Waals surface area contributed by atoms with Crippen LogP contribution in [-0.4, -0.2) is 31.6 Å². The van der Waals surface area contributed by atoms with Gasteiger partial charge in [0.1, 0.15) is 0 Å². The van der Waals surface area contributed by atoms with E-state index in [1.165, 1.54) is 6.42 Å². The second kappa shape index (κ2) is 7.93. The molecule has 0 aliphatic rings. The van der Waals surface area contributed by atoms with Gasteiger partial charge in [-0.2, -0.15) is 0 Å². The average Bonchev–Trinajstić information content (AvgIpc) is 2.23. The maximum absolute atomic E-state index is 5.96. The third-order valence-corrected chi connectivity index (χ3v) is 2.91. The minimum absolute atomic E-state index is 0.699. The molecule has 0 radical (unpaired) electrons. The van der Waals surface area contributed by atoms with Crippen LogP contribution in [0.25, 0.3) is 0 Å². The molecule has 0 spiro atoms. The van der Waals surface area contributed by atoms with Crippen LogP contribution in [0.4, 0.5) is 0 Å². The average molecular weight is 275 g/mol. The fourth-order valence-electron chi connectivity index (χ4n) is 1.66. The summed E-state index contributed by atoms with van der Waals surface area (Å²) in [6, 6.07) is 5.68. The zero-order chi connectivity index (χ0) is 12.7. The molecule has 1 N–H and O–H groups in total. The SMILES string of the molecule is CCCNCCN(C)Cc1cc(Cl)cc(Cl)c1. The molecule has 96 valence electrons. The maximum Gasteiger partial charge on any atom is 0.0424 e. The first-order valence-corrected chi connectivity index (χ1v) is 6.71. The third kappa shape index (κ3) is 6.27. The van der Waals surface area contributed by atoms with Crippen LogP contribution in [0.5, 0.6) is 0 Å². The van der Waals surface area contributed by atoms with Crippen LogP contribution in [0.2, 0.25) is 10.0 Å². The van der Waals surface area contributed by atoms with Crippen molar-refractivity contribution in [1.82, 2.24) is 10.2 Å². The summed E-state index contributed by atoms with van der Waals surface area (Å²) in [6.07, 6.45) is 1.17. The Balaban J connectivity index is 2.36. The fourth-order valence-corrected chi connectivity index (χ4v) is 2.24. The summed E-state index contributed by atoms with van der Waals surface area (Å²) in [4.78, 5) is 2.25. The molecule has 0 fully saturated rings. The normalized spacial score (nSPS) is 11.1. The van der Waals surface area contributed by atoms with Gasteiger partial charge >= 0.3 is 0 Å². The molecular weight excluding hydrogens is 255 g/mol. The van der Waals surface area contributed by atoms with Gasteiger partial charge in [0, 0.05) is 29.7 Å². The van der Waals surface area contributed by atoms with E-state index in [-0.39, 0.29) is 0 Å². The highest BCUT2D eigenvalue weighted by atomic mass is 35.5. The summed E-state index contributed by atoms with van der Waals surface area (Å²) in [5, 5.41) is 4.78. The monoisotopic (exact) mass is 274 g/mol. The minimum Gasteiger partial charge on any atom is -0.315 e. The van der Waals surface area contributed by atoms with Crippen LogP contribution in [-0.2, 0) is 6.54 Å². The Morgan fingerprint density at radius 1 is 1.12 bits per heavy atom. The van der Waals surface area contributed by atoms with E-state index in [1.807, 2.05) is 12.1 Å². The lowest BCUT2D eigenvalue weighted by molar-refractivity contribution is 0.324. The third-order valence-electron chi connectivity index (χ3n) is 2.47. The molecule has 0 amide bonds. The van der Waals surface area contributed by atoms with Crippen molar-refractivity contribution in [2.75, 3.05) is 26.7 Å². The van der Waals surface area contributed by atoms with Gasteiger partial charge in [0.2, 0.25) is 0 Å². The lowest BCUT2D eigenvalue weighted by atomic mass is 10.2. The second-order valence-electron chi connectivity index (χ2n) is 4.27. The summed E-state index contributed by atoms with van der Waals surface area (Å²) in [5.41, 5.74) is 1.15. The Hall–Kier alpha value is -0.280. The van der Waals surface area contributed by atoms with Crippen LogP contribution in [0.3, 0.4) is 0 Å². The van der Waals surface area contributed by atoms with Gasteiger partial charge in [0.25, 0.3) is 0 Å². The predicted molar refractivity (Wildman–Crippen MR) is 76.0 cm³/mol. The molecule has 0 heterocycles. The number of hydrogen-bond donors (Lipinski definition) is 1. The van der Waals surface area contributed by atoms with Gasteiger partial charge in [-0.05, 0) is 43.8 Å². The van der Waals surface area contributed by atoms with Gasteiger partial charge in [0.15, 0.2) is 0 Å². The van der Waals surface area contributed by atoms with Gasteiger partial charge in [-0.25, -0.2) is 0 Å². The summed E-state index contributed by atoms with van der Waals surface area (Å²) in [5.74, 6) is 0. The van der Waals surface area contributed by atoms with Gasteiger partial charge in [-0.1, -0.05) is 30.1 Å². The van der Waals surface area contributed by atoms with E-state index in [1.54, 1.807) is 6.07 Å². The molecule has 0 aliphatic carbocycles. The zero-order valence-corrected chi connectivity index (χ0v) is 12.0. The first kappa shape index (κ1) is 14.8. The zero-order valence-electron chi connectivity index (χ0n) is 10.5. The van der Waals surface area contributed by atoms with E-state index < -0.39 is 0 Å². The first-order valence-electron chi connectivity index (χ1n) is 5.96. The largest absolute Gasteiger partial charge is 0.315 e. The van der Waals surface area contributed by atoms with Crippen molar-refractivity contribution in [1.29, 1.82) is 0 Å². The van der Waals surface area contributed by atoms with E-state index in [0.29, 0.717) is 10.0 Å². The highest BCUT2D eigenvalue weighted by Crippen LogP contribution is 2.19. The second-order valence-corrected chi connectivity index (χ2v) is 5.14. The van der Waals surface area contributed by atoms with Crippen LogP contribution < -0.4 is 5.32 Å². The van der Waals surface area contributed by atoms with Crippen LogP contribution in [0, 0.1) is 0 Å². The first-order chi connectivity index (χ1) is 8.11. The highest BCUT2D eigenvalue weighted by Gasteiger charge is 2.02. The van der Waals surface area contributed by atoms with Crippen molar-refractivity contribution in [2.45, 2.75) is 19.9 Å². The minimum atomic E-state index is 0.699. The Labute approximate surface area is 114 Å². The molecule has 0 bridgehead atoms. The topological polar surface area (TPSA) is 15.3 Å². The number of benzene rings is 1. The van der Waals surface area contributed by atoms with Crippen molar-refractivity contribution < 1.29 is 0 Å². The van der Waals surface area contributed by atoms with Crippen LogP contribution >= 0.6 is 23.2 Å². The maximum atomic E-state index is 5.96. The molecule has 0 aliphatic heterocycles. The molecule has 1 aromatic rings. The molecule has 2 nitrogen and oxygen atoms in total. The van der Waals surface area contributed by atoms with Crippen molar-refractivity contribution in [3.8, 4) is 0 Å². The molecular formula is C13H20Cl2N2. The van der Waals surface area contributed by atoms with E-state index >= 15 is 0 Å². The Bertz CT molecular complexity index is 322. The molecule has 0 saturated heterocycles. The molecule has 0 unspecified atom stereocenters. The Kier molecular flexibility index (Phi) is 6.90. The number of hydrogen-bond acceptors (Lipinski definition) is 2. The number of rotatable bonds is 7. The number of halogens is 2. The van der Waals surface area contributed by atoms with Crippen molar-refractivity contribution in [3.63, 3.8) is 0 Å². The van der Waals surface area contributed by atoms with E-state index in [2.05, 4.69) is 24.2 Å². The van der Waals surface area contributed by atoms with Crippen molar-refractivity contribution in [3.05, 3.63) is 33.8 Å². The Morgan fingerprint density at radius 2 is 1.76 bits per heavy atom. The van der Waals surface area contributed by atoms with Gasteiger partial charge in [-0.15, -0.1) is 0 Å². The molecule has 0 atom stereocenters. The Morgan fingerprint density at radius 3 is 2.35 bits per heavy atom. The molecule has 17 heavy (non-hydrogen) atoms. The molecule has 0 aromatic heterocycles. The van der Waals surface area contributed by atoms with Crippen LogP contribution in [0.1, 0.15) is 18.9 Å². The summed E-state index contributed by atoms with van der Waals surface area (Å²) in [7, 11) is 2.10. The molecule has 0 saturated carbocycles. The van der Waals surface area contributed by atoms with Crippen molar-refractivity contribution >= 4 is 23.2 Å². The highest BCUT2D eigenvalue weighted by molar-refractivity contribution is 6.34. The van der Waals surface area contributed by atoms with Gasteiger partial charge in [-0.3, -0.25) is 0 Å². The van der Waals surface area contributed by atoms with E-state index in [0.717, 1.165) is 31.7 Å². The smallest absolute Gasteiger partial charge is 0.0424 e.